The monoisotopic (exact) mass is 370 g/mol. The zero-order valence-electron chi connectivity index (χ0n) is 17.4. The first kappa shape index (κ1) is 20.6. The highest BCUT2D eigenvalue weighted by Gasteiger charge is 2.22. The second-order valence-corrected chi connectivity index (χ2v) is 9.24. The number of benzene rings is 1. The maximum atomic E-state index is 13.0. The van der Waals surface area contributed by atoms with Crippen molar-refractivity contribution in [3.8, 4) is 0 Å². The normalized spacial score (nSPS) is 26.0. The summed E-state index contributed by atoms with van der Waals surface area (Å²) in [6.45, 7) is 2.32. The first-order valence-electron chi connectivity index (χ1n) is 11.6. The van der Waals surface area contributed by atoms with Crippen LogP contribution in [0.2, 0.25) is 0 Å². The van der Waals surface area contributed by atoms with E-state index in [0.29, 0.717) is 0 Å². The number of rotatable bonds is 9. The van der Waals surface area contributed by atoms with Crippen LogP contribution in [0.5, 0.6) is 0 Å². The maximum absolute atomic E-state index is 13.0. The molecule has 1 aromatic rings. The SMILES string of the molecule is CCCC[C@H]1CC[C@H](CCC2CC=C(CCc3ccc(F)cc3)CC2)CC1. The van der Waals surface area contributed by atoms with Crippen LogP contribution in [0.4, 0.5) is 4.39 Å². The molecule has 0 radical (unpaired) electrons. The minimum atomic E-state index is -0.132. The molecule has 1 fully saturated rings. The largest absolute Gasteiger partial charge is 0.207 e. The molecule has 1 saturated carbocycles. The number of halogens is 1. The molecule has 150 valence electrons. The quantitative estimate of drug-likeness (QED) is 0.384. The molecule has 1 atom stereocenters. The van der Waals surface area contributed by atoms with Gasteiger partial charge in [0.05, 0.1) is 0 Å². The second kappa shape index (κ2) is 11.0. The molecule has 2 aliphatic rings. The van der Waals surface area contributed by atoms with Gasteiger partial charge in [0.1, 0.15) is 5.82 Å². The van der Waals surface area contributed by atoms with Crippen LogP contribution in [-0.2, 0) is 6.42 Å². The lowest BCUT2D eigenvalue weighted by Crippen LogP contribution is -2.16. The molecule has 1 unspecified atom stereocenters. The van der Waals surface area contributed by atoms with Crippen molar-refractivity contribution in [2.24, 2.45) is 17.8 Å². The molecule has 0 N–H and O–H groups in total. The zero-order chi connectivity index (χ0) is 18.9. The summed E-state index contributed by atoms with van der Waals surface area (Å²) < 4.78 is 13.0. The Labute approximate surface area is 166 Å². The van der Waals surface area contributed by atoms with E-state index in [1.165, 1.54) is 82.6 Å². The Morgan fingerprint density at radius 3 is 2.11 bits per heavy atom. The highest BCUT2D eigenvalue weighted by Crippen LogP contribution is 2.37. The van der Waals surface area contributed by atoms with Crippen molar-refractivity contribution in [2.75, 3.05) is 0 Å². The lowest BCUT2D eigenvalue weighted by atomic mass is 9.76. The van der Waals surface area contributed by atoms with Crippen molar-refractivity contribution in [2.45, 2.75) is 96.8 Å². The Bertz CT molecular complexity index is 562. The zero-order valence-corrected chi connectivity index (χ0v) is 17.4. The molecule has 0 nitrogen and oxygen atoms in total. The minimum absolute atomic E-state index is 0.132. The highest BCUT2D eigenvalue weighted by molar-refractivity contribution is 5.18. The van der Waals surface area contributed by atoms with Gasteiger partial charge in [-0.25, -0.2) is 4.39 Å². The van der Waals surface area contributed by atoms with E-state index in [2.05, 4.69) is 13.0 Å². The summed E-state index contributed by atoms with van der Waals surface area (Å²) in [4.78, 5) is 0. The van der Waals surface area contributed by atoms with E-state index in [-0.39, 0.29) is 5.82 Å². The van der Waals surface area contributed by atoms with E-state index in [1.807, 2.05) is 12.1 Å². The second-order valence-electron chi connectivity index (χ2n) is 9.24. The number of hydrogen-bond donors (Lipinski definition) is 0. The molecule has 0 amide bonds. The molecule has 0 aliphatic heterocycles. The third-order valence-corrected chi connectivity index (χ3v) is 7.18. The molecular formula is C26H39F. The number of aryl methyl sites for hydroxylation is 1. The fraction of sp³-hybridized carbons (Fsp3) is 0.692. The smallest absolute Gasteiger partial charge is 0.123 e. The van der Waals surface area contributed by atoms with Gasteiger partial charge in [0.15, 0.2) is 0 Å². The summed E-state index contributed by atoms with van der Waals surface area (Å²) in [6.07, 6.45) is 21.9. The van der Waals surface area contributed by atoms with Crippen LogP contribution in [0.25, 0.3) is 0 Å². The molecule has 0 aromatic heterocycles. The third-order valence-electron chi connectivity index (χ3n) is 7.18. The van der Waals surface area contributed by atoms with Crippen LogP contribution in [0.15, 0.2) is 35.9 Å². The van der Waals surface area contributed by atoms with E-state index < -0.39 is 0 Å². The lowest BCUT2D eigenvalue weighted by molar-refractivity contribution is 0.235. The van der Waals surface area contributed by atoms with Gasteiger partial charge in [0.2, 0.25) is 0 Å². The highest BCUT2D eigenvalue weighted by atomic mass is 19.1. The van der Waals surface area contributed by atoms with Crippen LogP contribution < -0.4 is 0 Å². The van der Waals surface area contributed by atoms with E-state index in [9.17, 15) is 4.39 Å². The third kappa shape index (κ3) is 7.09. The molecular weight excluding hydrogens is 331 g/mol. The van der Waals surface area contributed by atoms with E-state index in [0.717, 1.165) is 30.6 Å². The number of hydrogen-bond acceptors (Lipinski definition) is 0. The van der Waals surface area contributed by atoms with Crippen molar-refractivity contribution < 1.29 is 4.39 Å². The fourth-order valence-corrected chi connectivity index (χ4v) is 5.16. The van der Waals surface area contributed by atoms with Crippen molar-refractivity contribution in [3.05, 3.63) is 47.3 Å². The van der Waals surface area contributed by atoms with Crippen LogP contribution in [0, 0.1) is 23.6 Å². The Hall–Kier alpha value is -1.11. The Morgan fingerprint density at radius 1 is 0.815 bits per heavy atom. The predicted octanol–water partition coefficient (Wildman–Crippen LogP) is 8.26. The molecule has 0 saturated heterocycles. The van der Waals surface area contributed by atoms with E-state index >= 15 is 0 Å². The Kier molecular flexibility index (Phi) is 8.42. The number of allylic oxidation sites excluding steroid dienone is 2. The Morgan fingerprint density at radius 2 is 1.48 bits per heavy atom. The summed E-state index contributed by atoms with van der Waals surface area (Å²) in [5, 5.41) is 0. The average molecular weight is 371 g/mol. The van der Waals surface area contributed by atoms with Gasteiger partial charge in [-0.15, -0.1) is 0 Å². The topological polar surface area (TPSA) is 0 Å². The molecule has 0 spiro atoms. The first-order valence-corrected chi connectivity index (χ1v) is 11.6. The summed E-state index contributed by atoms with van der Waals surface area (Å²) >= 11 is 0. The lowest BCUT2D eigenvalue weighted by Gasteiger charge is -2.30. The van der Waals surface area contributed by atoms with Gasteiger partial charge < -0.3 is 0 Å². The first-order chi connectivity index (χ1) is 13.2. The van der Waals surface area contributed by atoms with Gasteiger partial charge in [-0.2, -0.15) is 0 Å². The van der Waals surface area contributed by atoms with Gasteiger partial charge >= 0.3 is 0 Å². The molecule has 3 rings (SSSR count). The summed E-state index contributed by atoms with van der Waals surface area (Å²) in [5.41, 5.74) is 2.89. The molecule has 1 aromatic carbocycles. The number of unbranched alkanes of at least 4 members (excludes halogenated alkanes) is 1. The van der Waals surface area contributed by atoms with Gasteiger partial charge in [-0.05, 0) is 74.0 Å². The van der Waals surface area contributed by atoms with Gasteiger partial charge in [0.25, 0.3) is 0 Å². The van der Waals surface area contributed by atoms with Crippen LogP contribution in [0.1, 0.15) is 96.0 Å². The van der Waals surface area contributed by atoms with Crippen molar-refractivity contribution in [3.63, 3.8) is 0 Å². The van der Waals surface area contributed by atoms with Crippen LogP contribution in [-0.4, -0.2) is 0 Å². The van der Waals surface area contributed by atoms with Gasteiger partial charge in [-0.1, -0.05) is 82.1 Å². The predicted molar refractivity (Wildman–Crippen MR) is 114 cm³/mol. The molecule has 0 bridgehead atoms. The maximum Gasteiger partial charge on any atom is 0.123 e. The molecule has 2 aliphatic carbocycles. The van der Waals surface area contributed by atoms with Crippen molar-refractivity contribution >= 4 is 0 Å². The van der Waals surface area contributed by atoms with Gasteiger partial charge in [-0.3, -0.25) is 0 Å². The standard InChI is InChI=1S/C26H39F/c1-2-3-4-21-5-7-22(8-6-21)9-10-23-11-13-24(14-12-23)15-16-25-17-19-26(27)20-18-25/h13,17-23H,2-12,14-16H2,1H3/t21-,22-,23?. The van der Waals surface area contributed by atoms with Crippen molar-refractivity contribution in [1.82, 2.24) is 0 Å². The van der Waals surface area contributed by atoms with Gasteiger partial charge in [0, 0.05) is 0 Å². The summed E-state index contributed by atoms with van der Waals surface area (Å²) in [6, 6.07) is 7.02. The van der Waals surface area contributed by atoms with Crippen molar-refractivity contribution in [1.29, 1.82) is 0 Å². The molecule has 27 heavy (non-hydrogen) atoms. The summed E-state index contributed by atoms with van der Waals surface area (Å²) in [7, 11) is 0. The molecule has 0 heterocycles. The Balaban J connectivity index is 1.30. The molecule has 1 heteroatoms. The summed E-state index contributed by atoms with van der Waals surface area (Å²) in [5.74, 6) is 2.86. The average Bonchev–Trinajstić information content (AvgIpc) is 2.72. The van der Waals surface area contributed by atoms with Crippen LogP contribution >= 0.6 is 0 Å². The van der Waals surface area contributed by atoms with E-state index in [1.54, 1.807) is 17.7 Å². The van der Waals surface area contributed by atoms with Crippen LogP contribution in [0.3, 0.4) is 0 Å². The fourth-order valence-electron chi connectivity index (χ4n) is 5.16. The minimum Gasteiger partial charge on any atom is -0.207 e. The van der Waals surface area contributed by atoms with E-state index in [4.69, 9.17) is 0 Å².